The van der Waals surface area contributed by atoms with E-state index in [4.69, 9.17) is 13.9 Å². The number of ether oxygens (including phenoxy) is 2. The first-order chi connectivity index (χ1) is 15.6. The number of hydrogen-bond donors (Lipinski definition) is 1. The second kappa shape index (κ2) is 9.78. The molecule has 8 nitrogen and oxygen atoms in total. The number of furan rings is 1. The molecule has 0 radical (unpaired) electrons. The molecule has 1 atom stereocenters. The van der Waals surface area contributed by atoms with Crippen LogP contribution in [0, 0.1) is 6.92 Å². The number of nitrogens with zero attached hydrogens (tertiary/aromatic N) is 4. The number of pyridine rings is 1. The highest BCUT2D eigenvalue weighted by Crippen LogP contribution is 2.38. The average Bonchev–Trinajstić information content (AvgIpc) is 3.43. The van der Waals surface area contributed by atoms with Crippen molar-refractivity contribution < 1.29 is 13.9 Å². The molecule has 32 heavy (non-hydrogen) atoms. The summed E-state index contributed by atoms with van der Waals surface area (Å²) in [6.45, 7) is 4.02. The van der Waals surface area contributed by atoms with E-state index in [1.165, 1.54) is 0 Å². The molecule has 0 aliphatic heterocycles. The zero-order valence-electron chi connectivity index (χ0n) is 18.4. The summed E-state index contributed by atoms with van der Waals surface area (Å²) in [4.78, 5) is 4.41. The van der Waals surface area contributed by atoms with Gasteiger partial charge in [-0.1, -0.05) is 19.1 Å². The molecule has 4 aromatic rings. The van der Waals surface area contributed by atoms with Gasteiger partial charge in [0.25, 0.3) is 0 Å². The van der Waals surface area contributed by atoms with Crippen LogP contribution in [-0.4, -0.2) is 39.2 Å². The van der Waals surface area contributed by atoms with Crippen molar-refractivity contribution in [3.05, 3.63) is 66.2 Å². The quantitative estimate of drug-likeness (QED) is 0.358. The number of para-hydroxylation sites is 1. The van der Waals surface area contributed by atoms with E-state index < -0.39 is 0 Å². The van der Waals surface area contributed by atoms with Gasteiger partial charge < -0.3 is 13.9 Å². The lowest BCUT2D eigenvalue weighted by Gasteiger charge is -2.18. The fourth-order valence-electron chi connectivity index (χ4n) is 3.34. The number of anilines is 1. The van der Waals surface area contributed by atoms with Crippen molar-refractivity contribution in [1.29, 1.82) is 0 Å². The molecule has 1 unspecified atom stereocenters. The van der Waals surface area contributed by atoms with Gasteiger partial charge in [-0.2, -0.15) is 0 Å². The van der Waals surface area contributed by atoms with Gasteiger partial charge in [-0.3, -0.25) is 14.3 Å². The highest BCUT2D eigenvalue weighted by Gasteiger charge is 2.24. The maximum absolute atomic E-state index is 5.85. The molecule has 166 valence electrons. The average molecular weight is 452 g/mol. The van der Waals surface area contributed by atoms with Gasteiger partial charge in [0.1, 0.15) is 22.9 Å². The minimum Gasteiger partial charge on any atom is -0.494 e. The van der Waals surface area contributed by atoms with Gasteiger partial charge in [-0.05, 0) is 55.3 Å². The third-order valence-corrected chi connectivity index (χ3v) is 5.69. The first-order valence-electron chi connectivity index (χ1n) is 10.2. The van der Waals surface area contributed by atoms with E-state index in [1.807, 2.05) is 66.2 Å². The molecule has 1 aromatic carbocycles. The standard InChI is InChI=1S/C23H25N5O3S/c1-15-11-12-20(31-15)22-25-26-23(27-32-16(2)14-17-8-5-6-13-24-17)28(22)21-18(29-3)9-7-10-19(21)30-4/h5-13,16H,14H2,1-4H3,(H,26,27). The van der Waals surface area contributed by atoms with E-state index in [9.17, 15) is 0 Å². The Balaban J connectivity index is 1.70. The van der Waals surface area contributed by atoms with Gasteiger partial charge in [0.15, 0.2) is 5.76 Å². The van der Waals surface area contributed by atoms with E-state index in [2.05, 4.69) is 26.8 Å². The van der Waals surface area contributed by atoms with Crippen LogP contribution in [0.4, 0.5) is 5.95 Å². The van der Waals surface area contributed by atoms with E-state index in [0.29, 0.717) is 34.7 Å². The molecule has 0 saturated carbocycles. The van der Waals surface area contributed by atoms with Crippen LogP contribution >= 0.6 is 11.9 Å². The van der Waals surface area contributed by atoms with Crippen LogP contribution in [0.15, 0.2) is 59.1 Å². The molecule has 4 rings (SSSR count). The van der Waals surface area contributed by atoms with Gasteiger partial charge in [-0.15, -0.1) is 10.2 Å². The minimum atomic E-state index is 0.240. The number of hydrogen-bond acceptors (Lipinski definition) is 8. The summed E-state index contributed by atoms with van der Waals surface area (Å²) < 4.78 is 22.3. The predicted molar refractivity (Wildman–Crippen MR) is 126 cm³/mol. The number of aryl methyl sites for hydroxylation is 1. The monoisotopic (exact) mass is 451 g/mol. The lowest BCUT2D eigenvalue weighted by molar-refractivity contribution is 0.391. The molecule has 0 saturated heterocycles. The van der Waals surface area contributed by atoms with Crippen molar-refractivity contribution in [1.82, 2.24) is 19.7 Å². The highest BCUT2D eigenvalue weighted by molar-refractivity contribution is 8.01. The second-order valence-electron chi connectivity index (χ2n) is 7.16. The summed E-state index contributed by atoms with van der Waals surface area (Å²) in [5.41, 5.74) is 1.72. The van der Waals surface area contributed by atoms with Crippen molar-refractivity contribution in [2.75, 3.05) is 18.9 Å². The van der Waals surface area contributed by atoms with Crippen LogP contribution in [0.3, 0.4) is 0 Å². The number of nitrogens with one attached hydrogen (secondary N) is 1. The molecule has 0 aliphatic rings. The molecular formula is C23H25N5O3S. The van der Waals surface area contributed by atoms with Gasteiger partial charge >= 0.3 is 0 Å². The third kappa shape index (κ3) is 4.57. The Morgan fingerprint density at radius 3 is 2.44 bits per heavy atom. The number of benzene rings is 1. The number of methoxy groups -OCH3 is 2. The molecule has 0 bridgehead atoms. The van der Waals surface area contributed by atoms with Crippen molar-refractivity contribution >= 4 is 17.9 Å². The summed E-state index contributed by atoms with van der Waals surface area (Å²) >= 11 is 1.55. The zero-order chi connectivity index (χ0) is 22.5. The number of aromatic nitrogens is 4. The van der Waals surface area contributed by atoms with Crippen molar-refractivity contribution in [3.63, 3.8) is 0 Å². The molecule has 0 fully saturated rings. The van der Waals surface area contributed by atoms with E-state index in [0.717, 1.165) is 17.9 Å². The van der Waals surface area contributed by atoms with Crippen molar-refractivity contribution in [2.24, 2.45) is 0 Å². The molecule has 9 heteroatoms. The summed E-state index contributed by atoms with van der Waals surface area (Å²) in [6.07, 6.45) is 2.62. The Labute approximate surface area is 191 Å². The molecular weight excluding hydrogens is 426 g/mol. The fourth-order valence-corrected chi connectivity index (χ4v) is 4.03. The van der Waals surface area contributed by atoms with Gasteiger partial charge in [0.05, 0.1) is 14.2 Å². The Bertz CT molecular complexity index is 1150. The number of rotatable bonds is 9. The maximum atomic E-state index is 5.85. The maximum Gasteiger partial charge on any atom is 0.239 e. The molecule has 0 amide bonds. The summed E-state index contributed by atoms with van der Waals surface area (Å²) in [6, 6.07) is 15.3. The Kier molecular flexibility index (Phi) is 6.65. The predicted octanol–water partition coefficient (Wildman–Crippen LogP) is 4.94. The third-order valence-electron chi connectivity index (χ3n) is 4.82. The lowest BCUT2D eigenvalue weighted by atomic mass is 10.2. The van der Waals surface area contributed by atoms with E-state index >= 15 is 0 Å². The summed E-state index contributed by atoms with van der Waals surface area (Å²) in [5, 5.41) is 9.05. The summed E-state index contributed by atoms with van der Waals surface area (Å²) in [7, 11) is 3.24. The first-order valence-corrected chi connectivity index (χ1v) is 11.0. The SMILES string of the molecule is COc1cccc(OC)c1-n1c(NSC(C)Cc2ccccn2)nnc1-c1ccc(C)o1. The fraction of sp³-hybridized carbons (Fsp3) is 0.261. The molecule has 3 heterocycles. The molecule has 1 N–H and O–H groups in total. The van der Waals surface area contributed by atoms with Gasteiger partial charge in [0, 0.05) is 23.6 Å². The Morgan fingerprint density at radius 2 is 1.81 bits per heavy atom. The van der Waals surface area contributed by atoms with Gasteiger partial charge in [0.2, 0.25) is 11.8 Å². The Morgan fingerprint density at radius 1 is 1.03 bits per heavy atom. The largest absolute Gasteiger partial charge is 0.494 e. The smallest absolute Gasteiger partial charge is 0.239 e. The van der Waals surface area contributed by atoms with E-state index in [1.54, 1.807) is 26.2 Å². The van der Waals surface area contributed by atoms with E-state index in [-0.39, 0.29) is 5.25 Å². The lowest BCUT2D eigenvalue weighted by Crippen LogP contribution is -2.10. The second-order valence-corrected chi connectivity index (χ2v) is 8.40. The molecule has 0 spiro atoms. The van der Waals surface area contributed by atoms with Crippen LogP contribution in [-0.2, 0) is 6.42 Å². The van der Waals surface area contributed by atoms with Crippen LogP contribution in [0.25, 0.3) is 17.3 Å². The van der Waals surface area contributed by atoms with Crippen LogP contribution in [0.2, 0.25) is 0 Å². The van der Waals surface area contributed by atoms with Crippen LogP contribution in [0.1, 0.15) is 18.4 Å². The van der Waals surface area contributed by atoms with Crippen LogP contribution < -0.4 is 14.2 Å². The minimum absolute atomic E-state index is 0.240. The normalized spacial score (nSPS) is 11.9. The van der Waals surface area contributed by atoms with Crippen molar-refractivity contribution in [3.8, 4) is 28.8 Å². The van der Waals surface area contributed by atoms with Gasteiger partial charge in [-0.25, -0.2) is 0 Å². The first kappa shape index (κ1) is 21.8. The highest BCUT2D eigenvalue weighted by atomic mass is 32.2. The van der Waals surface area contributed by atoms with Crippen LogP contribution in [0.5, 0.6) is 11.5 Å². The zero-order valence-corrected chi connectivity index (χ0v) is 19.2. The molecule has 3 aromatic heterocycles. The summed E-state index contributed by atoms with van der Waals surface area (Å²) in [5.74, 6) is 3.72. The topological polar surface area (TPSA) is 87.2 Å². The molecule has 0 aliphatic carbocycles. The Hall–Kier alpha value is -3.46. The van der Waals surface area contributed by atoms with Crippen molar-refractivity contribution in [2.45, 2.75) is 25.5 Å².